The maximum Gasteiger partial charge on any atom is 0.280 e. The summed E-state index contributed by atoms with van der Waals surface area (Å²) in [4.78, 5) is 49.8. The molecule has 200 valence electrons. The van der Waals surface area contributed by atoms with Crippen LogP contribution in [0.15, 0.2) is 30.3 Å². The third-order valence-electron chi connectivity index (χ3n) is 7.76. The van der Waals surface area contributed by atoms with Crippen LogP contribution in [0.25, 0.3) is 10.3 Å². The van der Waals surface area contributed by atoms with E-state index in [-0.39, 0.29) is 29.7 Å². The zero-order valence-corrected chi connectivity index (χ0v) is 23.2. The van der Waals surface area contributed by atoms with E-state index in [1.54, 1.807) is 18.2 Å². The Bertz CT molecular complexity index is 1370. The van der Waals surface area contributed by atoms with E-state index in [1.165, 1.54) is 16.9 Å². The Morgan fingerprint density at radius 3 is 2.68 bits per heavy atom. The molecule has 0 radical (unpaired) electrons. The number of nitrogens with zero attached hydrogens (tertiary/aromatic N) is 3. The lowest BCUT2D eigenvalue weighted by Crippen LogP contribution is -2.57. The predicted octanol–water partition coefficient (Wildman–Crippen LogP) is 3.95. The lowest BCUT2D eigenvalue weighted by Gasteiger charge is -2.36. The van der Waals surface area contributed by atoms with Gasteiger partial charge in [0.1, 0.15) is 16.6 Å². The van der Waals surface area contributed by atoms with E-state index >= 15 is 0 Å². The minimum Gasteiger partial charge on any atom is -0.347 e. The Morgan fingerprint density at radius 2 is 1.97 bits per heavy atom. The van der Waals surface area contributed by atoms with Crippen LogP contribution in [0.4, 0.5) is 0 Å². The van der Waals surface area contributed by atoms with Gasteiger partial charge in [0.25, 0.3) is 11.8 Å². The number of hydrogen-bond acceptors (Lipinski definition) is 7. The van der Waals surface area contributed by atoms with Gasteiger partial charge in [-0.1, -0.05) is 44.2 Å². The topological polar surface area (TPSA) is 104 Å². The molecule has 0 bridgehead atoms. The summed E-state index contributed by atoms with van der Waals surface area (Å²) in [5, 5.41) is 6.30. The van der Waals surface area contributed by atoms with Crippen LogP contribution in [-0.4, -0.2) is 59.1 Å². The molecule has 1 aliphatic heterocycles. The summed E-state index contributed by atoms with van der Waals surface area (Å²) in [6, 6.07) is 8.74. The first-order valence-corrected chi connectivity index (χ1v) is 14.1. The van der Waals surface area contributed by atoms with Crippen molar-refractivity contribution in [3.8, 4) is 0 Å². The Kier molecular flexibility index (Phi) is 7.33. The number of likely N-dealkylation sites (N-methyl/N-ethyl adjacent to an activating group) is 1. The lowest BCUT2D eigenvalue weighted by molar-refractivity contribution is -0.108. The molecule has 0 spiro atoms. The minimum absolute atomic E-state index is 0.0931. The van der Waals surface area contributed by atoms with Gasteiger partial charge in [-0.15, -0.1) is 0 Å². The van der Waals surface area contributed by atoms with Gasteiger partial charge < -0.3 is 20.3 Å². The van der Waals surface area contributed by atoms with Crippen LogP contribution in [0.3, 0.4) is 0 Å². The first-order chi connectivity index (χ1) is 18.1. The largest absolute Gasteiger partial charge is 0.347 e. The van der Waals surface area contributed by atoms with Crippen LogP contribution in [0.5, 0.6) is 0 Å². The molecule has 3 aromatic rings. The van der Waals surface area contributed by atoms with Crippen molar-refractivity contribution in [2.24, 2.45) is 11.3 Å². The molecule has 1 fully saturated rings. The van der Waals surface area contributed by atoms with Crippen LogP contribution in [0.1, 0.15) is 76.6 Å². The molecule has 1 aliphatic carbocycles. The Balaban J connectivity index is 1.32. The molecule has 38 heavy (non-hydrogen) atoms. The standard InChI is InChI=1S/C29H35N5O3S/c1-29(2,3)20-8-9-22-19(13-20)14-24-27(32-22)38-28(33-24)26(37)31-23(10-11-35)17-6-5-7-18(12-17)25(36)30-21-15-34(4)16-21/h5-7,11-12,14,20-21,23H,8-10,13,15-16H2,1-4H3,(H,30,36)(H,31,37)/t20-,23+/m0/s1. The Hall–Kier alpha value is -3.17. The molecule has 5 rings (SSSR count). The number of thiazole rings is 1. The molecule has 2 aromatic heterocycles. The monoisotopic (exact) mass is 533 g/mol. The van der Waals surface area contributed by atoms with E-state index in [2.05, 4.69) is 47.4 Å². The average Bonchev–Trinajstić information content (AvgIpc) is 3.28. The second kappa shape index (κ2) is 10.5. The molecule has 8 nitrogen and oxygen atoms in total. The highest BCUT2D eigenvalue weighted by atomic mass is 32.1. The van der Waals surface area contributed by atoms with Gasteiger partial charge in [-0.3, -0.25) is 9.59 Å². The van der Waals surface area contributed by atoms with Crippen LogP contribution < -0.4 is 10.6 Å². The number of benzene rings is 1. The van der Waals surface area contributed by atoms with Crippen molar-refractivity contribution < 1.29 is 14.4 Å². The number of likely N-dealkylation sites (tertiary alicyclic amines) is 1. The van der Waals surface area contributed by atoms with Gasteiger partial charge in [-0.2, -0.15) is 0 Å². The van der Waals surface area contributed by atoms with Crippen molar-refractivity contribution >= 4 is 39.8 Å². The summed E-state index contributed by atoms with van der Waals surface area (Å²) in [7, 11) is 2.01. The van der Waals surface area contributed by atoms with Crippen LogP contribution in [-0.2, 0) is 17.6 Å². The number of hydrogen-bond donors (Lipinski definition) is 2. The van der Waals surface area contributed by atoms with Crippen molar-refractivity contribution in [3.05, 3.63) is 57.7 Å². The molecular formula is C29H35N5O3S. The molecule has 3 heterocycles. The van der Waals surface area contributed by atoms with E-state index in [0.717, 1.165) is 54.7 Å². The van der Waals surface area contributed by atoms with Crippen LogP contribution >= 0.6 is 11.3 Å². The molecular weight excluding hydrogens is 498 g/mol. The molecule has 2 amide bonds. The number of nitrogens with one attached hydrogen (secondary N) is 2. The van der Waals surface area contributed by atoms with Crippen molar-refractivity contribution in [2.45, 2.75) is 58.5 Å². The van der Waals surface area contributed by atoms with Crippen molar-refractivity contribution in [3.63, 3.8) is 0 Å². The Labute approximate surface area is 227 Å². The molecule has 2 atom stereocenters. The second-order valence-corrected chi connectivity index (χ2v) is 12.7. The van der Waals surface area contributed by atoms with Crippen molar-refractivity contribution in [1.82, 2.24) is 25.5 Å². The first kappa shape index (κ1) is 26.4. The molecule has 2 N–H and O–H groups in total. The van der Waals surface area contributed by atoms with E-state index in [0.29, 0.717) is 22.1 Å². The first-order valence-electron chi connectivity index (χ1n) is 13.2. The van der Waals surface area contributed by atoms with Crippen LogP contribution in [0, 0.1) is 11.3 Å². The molecule has 0 unspecified atom stereocenters. The highest BCUT2D eigenvalue weighted by Gasteiger charge is 2.30. The van der Waals surface area contributed by atoms with E-state index in [4.69, 9.17) is 4.98 Å². The van der Waals surface area contributed by atoms with Gasteiger partial charge in [0.05, 0.1) is 12.1 Å². The predicted molar refractivity (Wildman–Crippen MR) is 148 cm³/mol. The van der Waals surface area contributed by atoms with Gasteiger partial charge in [-0.05, 0) is 67.0 Å². The SMILES string of the molecule is CN1CC(NC(=O)c2cccc([C@@H](CC=O)NC(=O)c3nc4cc5c(nc4s3)CC[C@H](C(C)(C)C)C5)c2)C1. The molecule has 1 aromatic carbocycles. The number of carbonyl (C=O) groups excluding carboxylic acids is 3. The fourth-order valence-corrected chi connectivity index (χ4v) is 6.24. The lowest BCUT2D eigenvalue weighted by atomic mass is 9.71. The number of aromatic nitrogens is 2. The maximum atomic E-state index is 13.2. The highest BCUT2D eigenvalue weighted by molar-refractivity contribution is 7.19. The number of carbonyl (C=O) groups is 3. The third-order valence-corrected chi connectivity index (χ3v) is 8.72. The van der Waals surface area contributed by atoms with Gasteiger partial charge in [0, 0.05) is 30.8 Å². The molecule has 2 aliphatic rings. The fraction of sp³-hybridized carbons (Fsp3) is 0.483. The highest BCUT2D eigenvalue weighted by Crippen LogP contribution is 2.38. The van der Waals surface area contributed by atoms with Gasteiger partial charge >= 0.3 is 0 Å². The summed E-state index contributed by atoms with van der Waals surface area (Å²) < 4.78 is 0. The number of rotatable bonds is 7. The minimum atomic E-state index is -0.566. The van der Waals surface area contributed by atoms with Crippen molar-refractivity contribution in [2.75, 3.05) is 20.1 Å². The van der Waals surface area contributed by atoms with E-state index in [1.807, 2.05) is 13.1 Å². The van der Waals surface area contributed by atoms with Crippen molar-refractivity contribution in [1.29, 1.82) is 0 Å². The zero-order valence-electron chi connectivity index (χ0n) is 22.4. The second-order valence-electron chi connectivity index (χ2n) is 11.7. The van der Waals surface area contributed by atoms with Gasteiger partial charge in [-0.25, -0.2) is 9.97 Å². The number of aryl methyl sites for hydroxylation is 1. The Morgan fingerprint density at radius 1 is 1.18 bits per heavy atom. The molecule has 9 heteroatoms. The summed E-state index contributed by atoms with van der Waals surface area (Å²) in [5.74, 6) is 0.0847. The number of amides is 2. The normalized spacial score (nSPS) is 18.9. The van der Waals surface area contributed by atoms with Gasteiger partial charge in [0.15, 0.2) is 5.01 Å². The quantitative estimate of drug-likeness (QED) is 0.446. The summed E-state index contributed by atoms with van der Waals surface area (Å²) in [6.45, 7) is 8.50. The number of fused-ring (bicyclic) bond motifs is 2. The summed E-state index contributed by atoms with van der Waals surface area (Å²) >= 11 is 1.27. The number of pyridine rings is 1. The third kappa shape index (κ3) is 5.63. The zero-order chi connectivity index (χ0) is 27.0. The maximum absolute atomic E-state index is 13.2. The summed E-state index contributed by atoms with van der Waals surface area (Å²) in [6.07, 6.45) is 3.90. The molecule has 1 saturated heterocycles. The van der Waals surface area contributed by atoms with Crippen LogP contribution in [0.2, 0.25) is 0 Å². The fourth-order valence-electron chi connectivity index (χ4n) is 5.40. The average molecular weight is 534 g/mol. The van der Waals surface area contributed by atoms with E-state index < -0.39 is 6.04 Å². The van der Waals surface area contributed by atoms with E-state index in [9.17, 15) is 14.4 Å². The van der Waals surface area contributed by atoms with Gasteiger partial charge in [0.2, 0.25) is 0 Å². The smallest absolute Gasteiger partial charge is 0.280 e. The summed E-state index contributed by atoms with van der Waals surface area (Å²) in [5.41, 5.74) is 4.51. The molecule has 0 saturated carbocycles. The number of aldehydes is 1.